The zero-order chi connectivity index (χ0) is 24.7. The van der Waals surface area contributed by atoms with Gasteiger partial charge in [0.15, 0.2) is 0 Å². The minimum absolute atomic E-state index is 0.0385. The number of hydrogen-bond donors (Lipinski definition) is 5. The second-order valence-electron chi connectivity index (χ2n) is 7.08. The first-order valence-electron chi connectivity index (χ1n) is 9.90. The van der Waals surface area contributed by atoms with Crippen molar-refractivity contribution in [2.45, 2.75) is 18.9 Å². The van der Waals surface area contributed by atoms with Gasteiger partial charge >= 0.3 is 0 Å². The van der Waals surface area contributed by atoms with Crippen molar-refractivity contribution in [1.82, 2.24) is 15.5 Å². The minimum Gasteiger partial charge on any atom is -0.378 e. The van der Waals surface area contributed by atoms with Crippen LogP contribution in [0.5, 0.6) is 0 Å². The van der Waals surface area contributed by atoms with E-state index in [0.29, 0.717) is 11.3 Å². The summed E-state index contributed by atoms with van der Waals surface area (Å²) < 4.78 is 27.1. The number of primary amides is 1. The van der Waals surface area contributed by atoms with Gasteiger partial charge in [-0.15, -0.1) is 6.58 Å². The lowest BCUT2D eigenvalue weighted by molar-refractivity contribution is -0.115. The van der Waals surface area contributed by atoms with Crippen LogP contribution in [-0.4, -0.2) is 48.8 Å². The predicted molar refractivity (Wildman–Crippen MR) is 123 cm³/mol. The van der Waals surface area contributed by atoms with E-state index in [4.69, 9.17) is 28.2 Å². The molecule has 11 heteroatoms. The Bertz CT molecular complexity index is 1040. The molecule has 0 saturated heterocycles. The molecule has 8 nitrogen and oxygen atoms in total. The number of nitrogens with one attached hydrogen (secondary N) is 4. The van der Waals surface area contributed by atoms with E-state index in [1.165, 1.54) is 25.3 Å². The van der Waals surface area contributed by atoms with Crippen LogP contribution in [0.1, 0.15) is 30.0 Å². The van der Waals surface area contributed by atoms with E-state index < -0.39 is 24.3 Å². The number of benzene rings is 1. The van der Waals surface area contributed by atoms with E-state index in [9.17, 15) is 18.4 Å². The number of carbonyl (C=O) groups is 2. The van der Waals surface area contributed by atoms with E-state index in [-0.39, 0.29) is 47.1 Å². The zero-order valence-corrected chi connectivity index (χ0v) is 18.7. The summed E-state index contributed by atoms with van der Waals surface area (Å²) in [6.07, 6.45) is -0.107. The summed E-state index contributed by atoms with van der Waals surface area (Å²) >= 11 is 5.97. The first-order chi connectivity index (χ1) is 15.7. The van der Waals surface area contributed by atoms with Crippen molar-refractivity contribution in [2.75, 3.05) is 20.1 Å². The van der Waals surface area contributed by atoms with Crippen LogP contribution < -0.4 is 16.4 Å². The van der Waals surface area contributed by atoms with Gasteiger partial charge in [0.25, 0.3) is 18.2 Å². The highest BCUT2D eigenvalue weighted by molar-refractivity contribution is 6.44. The number of nitrogens with zero attached hydrogens (tertiary/aromatic N) is 1. The monoisotopic (exact) mass is 478 g/mol. The second kappa shape index (κ2) is 11.4. The van der Waals surface area contributed by atoms with Gasteiger partial charge in [0.1, 0.15) is 10.7 Å². The largest absolute Gasteiger partial charge is 0.378 e. The van der Waals surface area contributed by atoms with Gasteiger partial charge in [-0.25, -0.2) is 8.78 Å². The van der Waals surface area contributed by atoms with Crippen molar-refractivity contribution in [3.8, 4) is 0 Å². The van der Waals surface area contributed by atoms with Crippen molar-refractivity contribution >= 4 is 35.3 Å². The van der Waals surface area contributed by atoms with E-state index in [1.54, 1.807) is 17.0 Å². The Morgan fingerprint density at radius 1 is 1.30 bits per heavy atom. The third-order valence-electron chi connectivity index (χ3n) is 5.15. The molecule has 33 heavy (non-hydrogen) atoms. The van der Waals surface area contributed by atoms with Crippen LogP contribution in [0, 0.1) is 10.8 Å². The Labute approximate surface area is 195 Å². The summed E-state index contributed by atoms with van der Waals surface area (Å²) in [6, 6.07) is 5.33. The van der Waals surface area contributed by atoms with Gasteiger partial charge in [0.2, 0.25) is 0 Å². The molecule has 0 saturated carbocycles. The maximum atomic E-state index is 13.5. The topological polar surface area (TPSA) is 135 Å². The molecule has 0 aliphatic carbocycles. The third-order valence-corrected chi connectivity index (χ3v) is 5.53. The number of hydrogen-bond acceptors (Lipinski definition) is 6. The van der Waals surface area contributed by atoms with E-state index in [2.05, 4.69) is 17.2 Å². The van der Waals surface area contributed by atoms with Crippen molar-refractivity contribution in [1.29, 1.82) is 10.8 Å². The number of carbonyl (C=O) groups excluding carboxylic acids is 2. The molecule has 0 aromatic heterocycles. The molecule has 0 bridgehead atoms. The first-order valence-corrected chi connectivity index (χ1v) is 10.3. The summed E-state index contributed by atoms with van der Waals surface area (Å²) in [5.74, 6) is -1.57. The van der Waals surface area contributed by atoms with Crippen molar-refractivity contribution in [3.63, 3.8) is 0 Å². The van der Waals surface area contributed by atoms with Gasteiger partial charge < -0.3 is 26.7 Å². The molecule has 0 radical (unpaired) electrons. The van der Waals surface area contributed by atoms with Crippen molar-refractivity contribution in [3.05, 3.63) is 70.0 Å². The molecular weight excluding hydrogens is 454 g/mol. The van der Waals surface area contributed by atoms with Gasteiger partial charge in [-0.2, -0.15) is 0 Å². The molecule has 1 heterocycles. The Hall–Kier alpha value is -3.53. The lowest BCUT2D eigenvalue weighted by Crippen LogP contribution is -2.41. The summed E-state index contributed by atoms with van der Waals surface area (Å²) in [7, 11) is 1.38. The van der Waals surface area contributed by atoms with E-state index in [0.717, 1.165) is 6.21 Å². The zero-order valence-electron chi connectivity index (χ0n) is 17.9. The maximum Gasteiger partial charge on any atom is 0.269 e. The molecule has 0 fully saturated rings. The summed E-state index contributed by atoms with van der Waals surface area (Å²) in [5.41, 5.74) is 5.84. The Balaban J connectivity index is 2.52. The highest BCUT2D eigenvalue weighted by Gasteiger charge is 2.29. The smallest absolute Gasteiger partial charge is 0.269 e. The van der Waals surface area contributed by atoms with Gasteiger partial charge in [-0.1, -0.05) is 41.9 Å². The first kappa shape index (κ1) is 25.7. The van der Waals surface area contributed by atoms with Gasteiger partial charge in [0.05, 0.1) is 11.7 Å². The minimum atomic E-state index is -2.69. The van der Waals surface area contributed by atoms with Gasteiger partial charge in [0, 0.05) is 49.6 Å². The van der Waals surface area contributed by atoms with Crippen LogP contribution in [0.2, 0.25) is 0 Å². The SMILES string of the molecule is C=C[C@@H](NC1=C(C(=N)C(=O)NC)CN(/C(C=N)=C(\Cl)C(N)=O)CC1)c1ccccc1C(F)F. The predicted octanol–water partition coefficient (Wildman–Crippen LogP) is 2.75. The molecular formula is C22H25ClF2N6O2. The van der Waals surface area contributed by atoms with Crippen LogP contribution >= 0.6 is 11.6 Å². The fraction of sp³-hybridized carbons (Fsp3) is 0.273. The number of alkyl halides is 2. The van der Waals surface area contributed by atoms with Crippen LogP contribution in [0.15, 0.2) is 58.9 Å². The van der Waals surface area contributed by atoms with Gasteiger partial charge in [-0.05, 0) is 5.56 Å². The lowest BCUT2D eigenvalue weighted by Gasteiger charge is -2.35. The average Bonchev–Trinajstić information content (AvgIpc) is 2.82. The van der Waals surface area contributed by atoms with E-state index >= 15 is 0 Å². The van der Waals surface area contributed by atoms with Crippen molar-refractivity contribution in [2.24, 2.45) is 5.73 Å². The third kappa shape index (κ3) is 5.83. The molecule has 1 aliphatic rings. The number of allylic oxidation sites excluding steroid dienone is 1. The summed E-state index contributed by atoms with van der Waals surface area (Å²) in [6.45, 7) is 3.97. The normalized spacial score (nSPS) is 15.5. The standard InChI is InChI=1S/C22H25ClF2N6O2/c1-3-15(12-6-4-5-7-13(12)20(24)25)30-16-8-9-31(17(10-26)18(23)21(28)32)11-14(16)19(27)22(33)29-2/h3-7,10,15,20,26-27,30H,1,8-9,11H2,2H3,(H2,28,32)(H,29,33)/b18-17-,26-10?,27-19?/t15-/m1/s1. The summed E-state index contributed by atoms with van der Waals surface area (Å²) in [4.78, 5) is 25.3. The number of halogens is 3. The maximum absolute atomic E-state index is 13.5. The molecule has 0 spiro atoms. The molecule has 6 N–H and O–H groups in total. The molecule has 2 amide bonds. The molecule has 1 aromatic rings. The van der Waals surface area contributed by atoms with Crippen LogP contribution in [0.4, 0.5) is 8.78 Å². The van der Waals surface area contributed by atoms with Crippen LogP contribution in [0.25, 0.3) is 0 Å². The number of nitrogens with two attached hydrogens (primary N) is 1. The molecule has 2 rings (SSSR count). The Kier molecular flexibility index (Phi) is 8.86. The highest BCUT2D eigenvalue weighted by atomic mass is 35.5. The molecule has 176 valence electrons. The second-order valence-corrected chi connectivity index (χ2v) is 7.46. The molecule has 1 aromatic carbocycles. The molecule has 1 atom stereocenters. The van der Waals surface area contributed by atoms with Crippen molar-refractivity contribution < 1.29 is 18.4 Å². The quantitative estimate of drug-likeness (QED) is 0.201. The molecule has 1 aliphatic heterocycles. The average molecular weight is 479 g/mol. The van der Waals surface area contributed by atoms with Gasteiger partial charge in [-0.3, -0.25) is 15.0 Å². The van der Waals surface area contributed by atoms with Crippen LogP contribution in [-0.2, 0) is 9.59 Å². The Morgan fingerprint density at radius 3 is 2.45 bits per heavy atom. The lowest BCUT2D eigenvalue weighted by atomic mass is 9.96. The fourth-order valence-corrected chi connectivity index (χ4v) is 3.66. The highest BCUT2D eigenvalue weighted by Crippen LogP contribution is 2.30. The van der Waals surface area contributed by atoms with E-state index in [1.807, 2.05) is 0 Å². The molecule has 0 unspecified atom stereocenters. The number of rotatable bonds is 10. The number of amides is 2. The fourth-order valence-electron chi connectivity index (χ4n) is 3.48. The summed E-state index contributed by atoms with van der Waals surface area (Å²) in [5, 5.41) is 21.1. The Morgan fingerprint density at radius 2 is 1.94 bits per heavy atom. The van der Waals surface area contributed by atoms with Crippen LogP contribution in [0.3, 0.4) is 0 Å².